The molecule has 4 heteroatoms. The summed E-state index contributed by atoms with van der Waals surface area (Å²) in [5.74, 6) is -0.716. The molecular weight excluding hydrogens is 232 g/mol. The molecule has 4 nitrogen and oxygen atoms in total. The number of rotatable bonds is 4. The Morgan fingerprint density at radius 1 is 1.22 bits per heavy atom. The summed E-state index contributed by atoms with van der Waals surface area (Å²) in [7, 11) is 2.67. The van der Waals surface area contributed by atoms with Gasteiger partial charge in [0.2, 0.25) is 0 Å². The summed E-state index contributed by atoms with van der Waals surface area (Å²) >= 11 is 0. The molecule has 0 aliphatic rings. The quantitative estimate of drug-likeness (QED) is 0.767. The third-order valence-electron chi connectivity index (χ3n) is 2.42. The minimum absolute atomic E-state index is 0.172. The van der Waals surface area contributed by atoms with Gasteiger partial charge in [-0.2, -0.15) is 0 Å². The number of benzene rings is 1. The second kappa shape index (κ2) is 6.59. The van der Waals surface area contributed by atoms with Crippen LogP contribution in [0.4, 0.5) is 0 Å². The number of esters is 2. The van der Waals surface area contributed by atoms with Gasteiger partial charge in [0.05, 0.1) is 26.2 Å². The van der Waals surface area contributed by atoms with Crippen molar-refractivity contribution in [2.75, 3.05) is 14.2 Å². The van der Waals surface area contributed by atoms with Crippen LogP contribution in [-0.2, 0) is 14.3 Å². The molecule has 0 saturated carbocycles. The number of hydrogen-bond donors (Lipinski definition) is 0. The Labute approximate surface area is 106 Å². The molecule has 0 N–H and O–H groups in total. The fraction of sp³-hybridized carbons (Fsp3) is 0.286. The summed E-state index contributed by atoms with van der Waals surface area (Å²) in [5.41, 5.74) is 2.23. The summed E-state index contributed by atoms with van der Waals surface area (Å²) in [5, 5.41) is 0. The zero-order chi connectivity index (χ0) is 13.5. The lowest BCUT2D eigenvalue weighted by molar-refractivity contribution is -0.139. The van der Waals surface area contributed by atoms with E-state index in [9.17, 15) is 9.59 Å². The number of hydrogen-bond acceptors (Lipinski definition) is 4. The van der Waals surface area contributed by atoms with E-state index in [0.29, 0.717) is 5.56 Å². The summed E-state index contributed by atoms with van der Waals surface area (Å²) in [6.45, 7) is 1.93. The third-order valence-corrected chi connectivity index (χ3v) is 2.42. The highest BCUT2D eigenvalue weighted by atomic mass is 16.5. The molecule has 0 heterocycles. The lowest BCUT2D eigenvalue weighted by atomic mass is 10.0. The van der Waals surface area contributed by atoms with E-state index in [1.54, 1.807) is 18.2 Å². The molecule has 0 aromatic heterocycles. The second-order valence-corrected chi connectivity index (χ2v) is 3.76. The van der Waals surface area contributed by atoms with Crippen molar-refractivity contribution in [2.45, 2.75) is 13.3 Å². The summed E-state index contributed by atoms with van der Waals surface area (Å²) < 4.78 is 9.23. The van der Waals surface area contributed by atoms with Crippen molar-refractivity contribution >= 4 is 18.0 Å². The monoisotopic (exact) mass is 248 g/mol. The molecule has 1 rings (SSSR count). The van der Waals surface area contributed by atoms with Crippen LogP contribution in [0.25, 0.3) is 6.08 Å². The lowest BCUT2D eigenvalue weighted by Crippen LogP contribution is -2.04. The van der Waals surface area contributed by atoms with Crippen molar-refractivity contribution in [3.63, 3.8) is 0 Å². The van der Waals surface area contributed by atoms with E-state index in [2.05, 4.69) is 4.74 Å². The van der Waals surface area contributed by atoms with Gasteiger partial charge in [-0.15, -0.1) is 0 Å². The maximum absolute atomic E-state index is 11.6. The van der Waals surface area contributed by atoms with Crippen LogP contribution in [0.15, 0.2) is 24.3 Å². The first-order valence-electron chi connectivity index (χ1n) is 5.50. The van der Waals surface area contributed by atoms with Gasteiger partial charge in [0.25, 0.3) is 0 Å². The van der Waals surface area contributed by atoms with Crippen molar-refractivity contribution in [3.8, 4) is 0 Å². The van der Waals surface area contributed by atoms with Crippen LogP contribution in [0, 0.1) is 6.92 Å². The topological polar surface area (TPSA) is 52.6 Å². The van der Waals surface area contributed by atoms with Crippen LogP contribution < -0.4 is 0 Å². The molecule has 0 atom stereocenters. The van der Waals surface area contributed by atoms with Gasteiger partial charge in [-0.05, 0) is 18.6 Å². The van der Waals surface area contributed by atoms with E-state index >= 15 is 0 Å². The molecule has 0 unspecified atom stereocenters. The number of carbonyl (C=O) groups is 2. The Balaban J connectivity index is 2.95. The minimum atomic E-state index is -0.396. The van der Waals surface area contributed by atoms with Crippen molar-refractivity contribution < 1.29 is 19.1 Å². The van der Waals surface area contributed by atoms with Gasteiger partial charge in [0.1, 0.15) is 0 Å². The largest absolute Gasteiger partial charge is 0.469 e. The highest BCUT2D eigenvalue weighted by Gasteiger charge is 2.09. The SMILES string of the molecule is COC(=O)CC=Cc1cc(C)ccc1C(=O)OC. The highest BCUT2D eigenvalue weighted by Crippen LogP contribution is 2.15. The molecule has 0 bridgehead atoms. The van der Waals surface area contributed by atoms with Gasteiger partial charge in [-0.3, -0.25) is 4.79 Å². The van der Waals surface area contributed by atoms with E-state index in [-0.39, 0.29) is 12.4 Å². The molecular formula is C14H16O4. The summed E-state index contributed by atoms with van der Waals surface area (Å²) in [6, 6.07) is 5.41. The number of aryl methyl sites for hydroxylation is 1. The van der Waals surface area contributed by atoms with Gasteiger partial charge in [0, 0.05) is 0 Å². The Morgan fingerprint density at radius 2 is 1.94 bits per heavy atom. The smallest absolute Gasteiger partial charge is 0.338 e. The molecule has 18 heavy (non-hydrogen) atoms. The Morgan fingerprint density at radius 3 is 2.56 bits per heavy atom. The van der Waals surface area contributed by atoms with Crippen LogP contribution in [0.1, 0.15) is 27.9 Å². The average Bonchev–Trinajstić information content (AvgIpc) is 2.37. The molecule has 0 spiro atoms. The van der Waals surface area contributed by atoms with Gasteiger partial charge in [-0.1, -0.05) is 29.8 Å². The first-order chi connectivity index (χ1) is 8.58. The first-order valence-corrected chi connectivity index (χ1v) is 5.50. The predicted molar refractivity (Wildman–Crippen MR) is 68.2 cm³/mol. The fourth-order valence-corrected chi connectivity index (χ4v) is 1.48. The zero-order valence-corrected chi connectivity index (χ0v) is 10.7. The van der Waals surface area contributed by atoms with Crippen molar-refractivity contribution in [1.82, 2.24) is 0 Å². The maximum atomic E-state index is 11.6. The maximum Gasteiger partial charge on any atom is 0.338 e. The third kappa shape index (κ3) is 3.73. The van der Waals surface area contributed by atoms with E-state index < -0.39 is 5.97 Å². The van der Waals surface area contributed by atoms with Gasteiger partial charge >= 0.3 is 11.9 Å². The molecule has 0 radical (unpaired) electrons. The van der Waals surface area contributed by atoms with E-state index in [1.165, 1.54) is 14.2 Å². The molecule has 96 valence electrons. The molecule has 0 fully saturated rings. The molecule has 1 aromatic rings. The number of methoxy groups -OCH3 is 2. The Kier molecular flexibility index (Phi) is 5.11. The molecule has 0 amide bonds. The standard InChI is InChI=1S/C14H16O4/c1-10-7-8-12(14(16)18-3)11(9-10)5-4-6-13(15)17-2/h4-5,7-9H,6H2,1-3H3. The van der Waals surface area contributed by atoms with E-state index in [0.717, 1.165) is 11.1 Å². The highest BCUT2D eigenvalue weighted by molar-refractivity contribution is 5.93. The molecule has 0 aliphatic heterocycles. The second-order valence-electron chi connectivity index (χ2n) is 3.76. The van der Waals surface area contributed by atoms with Crippen LogP contribution in [-0.4, -0.2) is 26.2 Å². The van der Waals surface area contributed by atoms with Crippen LogP contribution >= 0.6 is 0 Å². The van der Waals surface area contributed by atoms with Crippen molar-refractivity contribution in [1.29, 1.82) is 0 Å². The summed E-state index contributed by atoms with van der Waals surface area (Å²) in [6.07, 6.45) is 3.55. The van der Waals surface area contributed by atoms with Crippen molar-refractivity contribution in [2.24, 2.45) is 0 Å². The normalized spacial score (nSPS) is 10.4. The molecule has 0 saturated heterocycles. The Hall–Kier alpha value is -2.10. The first kappa shape index (κ1) is 14.0. The van der Waals surface area contributed by atoms with E-state index in [1.807, 2.05) is 19.1 Å². The van der Waals surface area contributed by atoms with Crippen LogP contribution in [0.5, 0.6) is 0 Å². The Bertz CT molecular complexity index is 475. The van der Waals surface area contributed by atoms with Gasteiger partial charge in [-0.25, -0.2) is 4.79 Å². The number of carbonyl (C=O) groups excluding carboxylic acids is 2. The predicted octanol–water partition coefficient (Wildman–Crippen LogP) is 2.36. The minimum Gasteiger partial charge on any atom is -0.469 e. The average molecular weight is 248 g/mol. The van der Waals surface area contributed by atoms with E-state index in [4.69, 9.17) is 4.74 Å². The zero-order valence-electron chi connectivity index (χ0n) is 10.7. The molecule has 1 aromatic carbocycles. The van der Waals surface area contributed by atoms with Gasteiger partial charge in [0.15, 0.2) is 0 Å². The lowest BCUT2D eigenvalue weighted by Gasteiger charge is -2.05. The molecule has 0 aliphatic carbocycles. The number of ether oxygens (including phenoxy) is 2. The summed E-state index contributed by atoms with van der Waals surface area (Å²) in [4.78, 5) is 22.5. The van der Waals surface area contributed by atoms with Crippen molar-refractivity contribution in [3.05, 3.63) is 41.0 Å². The van der Waals surface area contributed by atoms with Crippen LogP contribution in [0.3, 0.4) is 0 Å². The van der Waals surface area contributed by atoms with Gasteiger partial charge < -0.3 is 9.47 Å². The fourth-order valence-electron chi connectivity index (χ4n) is 1.48. The van der Waals surface area contributed by atoms with Crippen LogP contribution in [0.2, 0.25) is 0 Å².